The van der Waals surface area contributed by atoms with Crippen molar-refractivity contribution in [3.05, 3.63) is 69.9 Å². The Morgan fingerprint density at radius 1 is 1.03 bits per heavy atom. The van der Waals surface area contributed by atoms with Gasteiger partial charge in [-0.05, 0) is 49.8 Å². The molecule has 158 valence electrons. The second-order valence-electron chi connectivity index (χ2n) is 7.22. The van der Waals surface area contributed by atoms with E-state index in [-0.39, 0.29) is 5.57 Å². The number of carbonyl (C=O) groups excluding carboxylic acids is 3. The van der Waals surface area contributed by atoms with Gasteiger partial charge in [-0.15, -0.1) is 0 Å². The zero-order valence-electron chi connectivity index (χ0n) is 17.0. The van der Waals surface area contributed by atoms with Crippen LogP contribution in [0, 0.1) is 13.8 Å². The second kappa shape index (κ2) is 8.28. The molecule has 1 aromatic heterocycles. The SMILES string of the molecule is Cc1cc(Cl)ccc1OCCn1c(C)c(C=C2C(=O)NC(=O)NC2=O)c2ccccc21. The van der Waals surface area contributed by atoms with E-state index in [1.807, 2.05) is 50.2 Å². The van der Waals surface area contributed by atoms with Gasteiger partial charge in [0.25, 0.3) is 11.8 Å². The maximum Gasteiger partial charge on any atom is 0.328 e. The van der Waals surface area contributed by atoms with Gasteiger partial charge in [-0.25, -0.2) is 4.79 Å². The molecule has 0 saturated carbocycles. The first-order valence-electron chi connectivity index (χ1n) is 9.70. The molecule has 0 aliphatic carbocycles. The molecule has 2 N–H and O–H groups in total. The molecule has 1 saturated heterocycles. The van der Waals surface area contributed by atoms with E-state index in [2.05, 4.69) is 15.2 Å². The van der Waals surface area contributed by atoms with E-state index < -0.39 is 17.8 Å². The number of imide groups is 2. The number of hydrogen-bond donors (Lipinski definition) is 2. The molecule has 2 heterocycles. The molecule has 4 rings (SSSR count). The van der Waals surface area contributed by atoms with Crippen LogP contribution < -0.4 is 15.4 Å². The van der Waals surface area contributed by atoms with E-state index in [1.54, 1.807) is 6.07 Å². The smallest absolute Gasteiger partial charge is 0.328 e. The Balaban J connectivity index is 1.65. The van der Waals surface area contributed by atoms with Crippen LogP contribution in [0.4, 0.5) is 4.79 Å². The second-order valence-corrected chi connectivity index (χ2v) is 7.66. The van der Waals surface area contributed by atoms with Crippen LogP contribution in [0.5, 0.6) is 5.75 Å². The summed E-state index contributed by atoms with van der Waals surface area (Å²) in [6, 6.07) is 12.4. The van der Waals surface area contributed by atoms with Crippen molar-refractivity contribution < 1.29 is 19.1 Å². The van der Waals surface area contributed by atoms with Gasteiger partial charge in [0.15, 0.2) is 0 Å². The number of fused-ring (bicyclic) bond motifs is 1. The van der Waals surface area contributed by atoms with E-state index in [0.717, 1.165) is 33.5 Å². The average Bonchev–Trinajstić information content (AvgIpc) is 2.97. The standard InChI is InChI=1S/C23H20ClN3O4/c1-13-11-15(24)7-8-20(13)31-10-9-27-14(2)17(16-5-3-4-6-19(16)27)12-18-21(28)25-23(30)26-22(18)29/h3-8,11-12H,9-10H2,1-2H3,(H2,25,26,28,29,30). The lowest BCUT2D eigenvalue weighted by atomic mass is 10.1. The predicted octanol–water partition coefficient (Wildman–Crippen LogP) is 3.74. The summed E-state index contributed by atoms with van der Waals surface area (Å²) in [5, 5.41) is 5.76. The highest BCUT2D eigenvalue weighted by Gasteiger charge is 2.28. The van der Waals surface area contributed by atoms with Gasteiger partial charge in [-0.2, -0.15) is 0 Å². The summed E-state index contributed by atoms with van der Waals surface area (Å²) < 4.78 is 8.02. The number of nitrogens with zero attached hydrogens (tertiary/aromatic N) is 1. The molecule has 31 heavy (non-hydrogen) atoms. The van der Waals surface area contributed by atoms with Crippen LogP contribution in [0.25, 0.3) is 17.0 Å². The maximum atomic E-state index is 12.2. The Kier molecular flexibility index (Phi) is 5.52. The Hall–Kier alpha value is -3.58. The molecule has 2 aromatic carbocycles. The third-order valence-corrected chi connectivity index (χ3v) is 5.46. The lowest BCUT2D eigenvalue weighted by molar-refractivity contribution is -0.123. The molecule has 7 nitrogen and oxygen atoms in total. The van der Waals surface area contributed by atoms with Crippen LogP contribution in [-0.2, 0) is 16.1 Å². The number of carbonyl (C=O) groups is 3. The van der Waals surface area contributed by atoms with E-state index in [1.165, 1.54) is 6.08 Å². The van der Waals surface area contributed by atoms with Crippen molar-refractivity contribution in [3.63, 3.8) is 0 Å². The van der Waals surface area contributed by atoms with Crippen molar-refractivity contribution in [1.82, 2.24) is 15.2 Å². The highest BCUT2D eigenvalue weighted by atomic mass is 35.5. The number of amides is 4. The van der Waals surface area contributed by atoms with Crippen molar-refractivity contribution in [1.29, 1.82) is 0 Å². The number of rotatable bonds is 5. The Morgan fingerprint density at radius 2 is 1.74 bits per heavy atom. The topological polar surface area (TPSA) is 89.4 Å². The molecule has 4 amide bonds. The normalized spacial score (nSPS) is 13.9. The van der Waals surface area contributed by atoms with Crippen LogP contribution in [0.3, 0.4) is 0 Å². The fourth-order valence-corrected chi connectivity index (χ4v) is 3.93. The van der Waals surface area contributed by atoms with Crippen molar-refractivity contribution in [3.8, 4) is 5.75 Å². The maximum absolute atomic E-state index is 12.2. The lowest BCUT2D eigenvalue weighted by Gasteiger charge is -2.14. The summed E-state index contributed by atoms with van der Waals surface area (Å²) in [5.41, 5.74) is 3.42. The van der Waals surface area contributed by atoms with Gasteiger partial charge in [0.2, 0.25) is 0 Å². The molecule has 0 spiro atoms. The van der Waals surface area contributed by atoms with Gasteiger partial charge in [-0.1, -0.05) is 29.8 Å². The zero-order chi connectivity index (χ0) is 22.1. The van der Waals surface area contributed by atoms with E-state index >= 15 is 0 Å². The summed E-state index contributed by atoms with van der Waals surface area (Å²) in [7, 11) is 0. The molecule has 0 radical (unpaired) electrons. The van der Waals surface area contributed by atoms with Gasteiger partial charge in [0, 0.05) is 27.2 Å². The van der Waals surface area contributed by atoms with Crippen LogP contribution in [0.2, 0.25) is 5.02 Å². The largest absolute Gasteiger partial charge is 0.491 e. The first-order valence-corrected chi connectivity index (χ1v) is 10.1. The molecule has 1 fully saturated rings. The van der Waals surface area contributed by atoms with Gasteiger partial charge in [-0.3, -0.25) is 20.2 Å². The fraction of sp³-hybridized carbons (Fsp3) is 0.174. The van der Waals surface area contributed by atoms with Gasteiger partial charge in [0.05, 0.1) is 6.54 Å². The number of hydrogen-bond acceptors (Lipinski definition) is 4. The minimum atomic E-state index is -0.819. The third-order valence-electron chi connectivity index (χ3n) is 5.22. The number of aryl methyl sites for hydroxylation is 1. The minimum absolute atomic E-state index is 0.112. The average molecular weight is 438 g/mol. The van der Waals surface area contributed by atoms with Crippen molar-refractivity contribution in [2.24, 2.45) is 0 Å². The highest BCUT2D eigenvalue weighted by molar-refractivity contribution is 6.31. The summed E-state index contributed by atoms with van der Waals surface area (Å²) in [4.78, 5) is 35.6. The lowest BCUT2D eigenvalue weighted by Crippen LogP contribution is -2.51. The van der Waals surface area contributed by atoms with Gasteiger partial charge in [0.1, 0.15) is 17.9 Å². The molecular weight excluding hydrogens is 418 g/mol. The first-order chi connectivity index (χ1) is 14.8. The molecule has 3 aromatic rings. The Morgan fingerprint density at radius 3 is 2.45 bits per heavy atom. The van der Waals surface area contributed by atoms with Crippen molar-refractivity contribution in [2.75, 3.05) is 6.61 Å². The minimum Gasteiger partial charge on any atom is -0.491 e. The number of aromatic nitrogens is 1. The summed E-state index contributed by atoms with van der Waals surface area (Å²) in [6.45, 7) is 4.85. The van der Waals surface area contributed by atoms with Crippen LogP contribution in [0.1, 0.15) is 16.8 Å². The number of benzene rings is 2. The summed E-state index contributed by atoms with van der Waals surface area (Å²) in [6.07, 6.45) is 1.52. The number of barbiturate groups is 1. The van der Waals surface area contributed by atoms with E-state index in [0.29, 0.717) is 18.2 Å². The zero-order valence-corrected chi connectivity index (χ0v) is 17.7. The molecule has 1 aliphatic heterocycles. The molecule has 8 heteroatoms. The van der Waals surface area contributed by atoms with Crippen LogP contribution >= 0.6 is 11.6 Å². The van der Waals surface area contributed by atoms with Crippen molar-refractivity contribution >= 4 is 46.4 Å². The van der Waals surface area contributed by atoms with Crippen LogP contribution in [-0.4, -0.2) is 29.0 Å². The number of para-hydroxylation sites is 1. The quantitative estimate of drug-likeness (QED) is 0.470. The fourth-order valence-electron chi connectivity index (χ4n) is 3.70. The number of nitrogens with one attached hydrogen (secondary N) is 2. The molecule has 1 aliphatic rings. The first kappa shape index (κ1) is 20.7. The summed E-state index contributed by atoms with van der Waals surface area (Å²) in [5.74, 6) is -0.667. The highest BCUT2D eigenvalue weighted by Crippen LogP contribution is 2.29. The molecule has 0 bridgehead atoms. The Labute approximate surface area is 183 Å². The predicted molar refractivity (Wildman–Crippen MR) is 118 cm³/mol. The number of urea groups is 1. The van der Waals surface area contributed by atoms with Gasteiger partial charge < -0.3 is 9.30 Å². The van der Waals surface area contributed by atoms with Gasteiger partial charge >= 0.3 is 6.03 Å². The van der Waals surface area contributed by atoms with Crippen molar-refractivity contribution in [2.45, 2.75) is 20.4 Å². The molecule has 0 unspecified atom stereocenters. The monoisotopic (exact) mass is 437 g/mol. The van der Waals surface area contributed by atoms with E-state index in [9.17, 15) is 14.4 Å². The number of ether oxygens (including phenoxy) is 1. The molecular formula is C23H20ClN3O4. The molecule has 0 atom stereocenters. The van der Waals surface area contributed by atoms with E-state index in [4.69, 9.17) is 16.3 Å². The summed E-state index contributed by atoms with van der Waals surface area (Å²) >= 11 is 6.00. The van der Waals surface area contributed by atoms with Crippen LogP contribution in [0.15, 0.2) is 48.0 Å². The number of halogens is 1. The third kappa shape index (κ3) is 4.04. The Bertz CT molecular complexity index is 1240.